The lowest BCUT2D eigenvalue weighted by atomic mass is 10.1. The molecule has 0 aliphatic rings. The fourth-order valence-corrected chi connectivity index (χ4v) is 4.74. The van der Waals surface area contributed by atoms with Gasteiger partial charge in [0.15, 0.2) is 11.0 Å². The fourth-order valence-electron chi connectivity index (χ4n) is 2.93. The van der Waals surface area contributed by atoms with Gasteiger partial charge in [-0.05, 0) is 36.8 Å². The van der Waals surface area contributed by atoms with E-state index < -0.39 is 6.61 Å². The molecule has 0 fully saturated rings. The molecule has 0 atom stereocenters. The Labute approximate surface area is 180 Å². The van der Waals surface area contributed by atoms with Crippen LogP contribution in [0, 0.1) is 6.92 Å². The lowest BCUT2D eigenvalue weighted by Gasteiger charge is -2.06. The van der Waals surface area contributed by atoms with Crippen LogP contribution in [0.1, 0.15) is 11.3 Å². The molecule has 0 aliphatic heterocycles. The normalized spacial score (nSPS) is 11.2. The maximum atomic E-state index is 12.3. The summed E-state index contributed by atoms with van der Waals surface area (Å²) in [5.41, 5.74) is 4.11. The van der Waals surface area contributed by atoms with Crippen LogP contribution in [-0.2, 0) is 12.8 Å². The summed E-state index contributed by atoms with van der Waals surface area (Å²) < 4.78 is 30.9. The van der Waals surface area contributed by atoms with Crippen LogP contribution in [0.5, 0.6) is 5.75 Å². The molecule has 0 unspecified atom stereocenters. The van der Waals surface area contributed by atoms with Gasteiger partial charge in [-0.1, -0.05) is 36.0 Å². The summed E-state index contributed by atoms with van der Waals surface area (Å²) in [6, 6.07) is 14.6. The van der Waals surface area contributed by atoms with Crippen molar-refractivity contribution in [3.8, 4) is 27.7 Å². The van der Waals surface area contributed by atoms with Crippen molar-refractivity contribution < 1.29 is 13.5 Å². The van der Waals surface area contributed by atoms with E-state index in [0.717, 1.165) is 27.0 Å². The molecule has 9 heteroatoms. The predicted molar refractivity (Wildman–Crippen MR) is 115 cm³/mol. The van der Waals surface area contributed by atoms with Gasteiger partial charge in [0.05, 0.1) is 5.69 Å². The van der Waals surface area contributed by atoms with E-state index in [1.54, 1.807) is 35.2 Å². The van der Waals surface area contributed by atoms with Gasteiger partial charge in [-0.15, -0.1) is 21.5 Å². The largest absolute Gasteiger partial charge is 0.435 e. The number of benzene rings is 2. The van der Waals surface area contributed by atoms with E-state index in [4.69, 9.17) is 4.98 Å². The predicted octanol–water partition coefficient (Wildman–Crippen LogP) is 5.81. The maximum absolute atomic E-state index is 12.3. The van der Waals surface area contributed by atoms with Gasteiger partial charge < -0.3 is 9.30 Å². The Morgan fingerprint density at radius 1 is 1.10 bits per heavy atom. The molecule has 0 saturated heterocycles. The molecule has 0 bridgehead atoms. The van der Waals surface area contributed by atoms with Crippen LogP contribution in [0.2, 0.25) is 0 Å². The van der Waals surface area contributed by atoms with Crippen molar-refractivity contribution in [3.63, 3.8) is 0 Å². The Hall–Kier alpha value is -2.78. The molecule has 0 spiro atoms. The lowest BCUT2D eigenvalue weighted by Crippen LogP contribution is -2.01. The third-order valence-electron chi connectivity index (χ3n) is 4.45. The van der Waals surface area contributed by atoms with Crippen LogP contribution < -0.4 is 4.74 Å². The molecular weight excluding hydrogens is 426 g/mol. The van der Waals surface area contributed by atoms with Gasteiger partial charge in [-0.2, -0.15) is 8.78 Å². The first kappa shape index (κ1) is 20.5. The summed E-state index contributed by atoms with van der Waals surface area (Å²) in [6.45, 7) is -0.760. The van der Waals surface area contributed by atoms with Gasteiger partial charge in [-0.25, -0.2) is 4.98 Å². The van der Waals surface area contributed by atoms with Crippen LogP contribution in [0.15, 0.2) is 59.1 Å². The number of thioether (sulfide) groups is 1. The number of halogens is 2. The second kappa shape index (κ2) is 8.93. The van der Waals surface area contributed by atoms with Gasteiger partial charge in [0.25, 0.3) is 0 Å². The van der Waals surface area contributed by atoms with Crippen LogP contribution >= 0.6 is 23.1 Å². The Morgan fingerprint density at radius 2 is 1.87 bits per heavy atom. The van der Waals surface area contributed by atoms with E-state index >= 15 is 0 Å². The van der Waals surface area contributed by atoms with E-state index in [2.05, 4.69) is 39.4 Å². The van der Waals surface area contributed by atoms with Crippen molar-refractivity contribution >= 4 is 23.1 Å². The highest BCUT2D eigenvalue weighted by molar-refractivity contribution is 7.98. The van der Waals surface area contributed by atoms with E-state index in [-0.39, 0.29) is 5.75 Å². The van der Waals surface area contributed by atoms with Gasteiger partial charge in [0.2, 0.25) is 0 Å². The van der Waals surface area contributed by atoms with Crippen LogP contribution in [0.3, 0.4) is 0 Å². The second-order valence-electron chi connectivity index (χ2n) is 6.52. The lowest BCUT2D eigenvalue weighted by molar-refractivity contribution is -0.0498. The fraction of sp³-hybridized carbons (Fsp3) is 0.190. The average Bonchev–Trinajstić information content (AvgIpc) is 3.34. The molecule has 2 aromatic carbocycles. The molecule has 4 rings (SSSR count). The first-order valence-corrected chi connectivity index (χ1v) is 11.0. The molecule has 154 valence electrons. The summed E-state index contributed by atoms with van der Waals surface area (Å²) in [5.74, 6) is 1.44. The first-order valence-electron chi connectivity index (χ1n) is 9.09. The van der Waals surface area contributed by atoms with Crippen molar-refractivity contribution in [1.29, 1.82) is 0 Å². The number of ether oxygens (including phenoxy) is 1. The summed E-state index contributed by atoms with van der Waals surface area (Å²) in [7, 11) is 1.88. The number of nitrogens with zero attached hydrogens (tertiary/aromatic N) is 4. The van der Waals surface area contributed by atoms with Crippen LogP contribution in [-0.4, -0.2) is 26.4 Å². The molecule has 2 aromatic heterocycles. The Morgan fingerprint density at radius 3 is 2.60 bits per heavy atom. The zero-order chi connectivity index (χ0) is 21.1. The SMILES string of the molecule is Cc1ccccc1-c1nc(CSc2nnc(-c3ccc(OC(F)F)cc3)n2C)cs1. The third-order valence-corrected chi connectivity index (χ3v) is 6.43. The van der Waals surface area contributed by atoms with Crippen LogP contribution in [0.25, 0.3) is 22.0 Å². The molecule has 2 heterocycles. The van der Waals surface area contributed by atoms with E-state index in [1.807, 2.05) is 23.7 Å². The van der Waals surface area contributed by atoms with E-state index in [0.29, 0.717) is 11.6 Å². The van der Waals surface area contributed by atoms with Gasteiger partial charge in [-0.3, -0.25) is 0 Å². The van der Waals surface area contributed by atoms with E-state index in [1.165, 1.54) is 17.7 Å². The van der Waals surface area contributed by atoms with Crippen molar-refractivity contribution in [3.05, 3.63) is 65.2 Å². The molecule has 0 amide bonds. The standard InChI is InChI=1S/C21H18F2N4OS2/c1-13-5-3-4-6-17(13)19-24-15(11-29-19)12-30-21-26-25-18(27(21)2)14-7-9-16(10-8-14)28-20(22)23/h3-11,20H,12H2,1-2H3. The molecule has 0 aliphatic carbocycles. The smallest absolute Gasteiger partial charge is 0.387 e. The first-order chi connectivity index (χ1) is 14.5. The van der Waals surface area contributed by atoms with Gasteiger partial charge in [0.1, 0.15) is 10.8 Å². The monoisotopic (exact) mass is 444 g/mol. The molecule has 0 radical (unpaired) electrons. The Balaban J connectivity index is 1.44. The number of alkyl halides is 2. The van der Waals surface area contributed by atoms with Crippen molar-refractivity contribution in [2.75, 3.05) is 0 Å². The quantitative estimate of drug-likeness (QED) is 0.337. The highest BCUT2D eigenvalue weighted by Gasteiger charge is 2.14. The molecule has 30 heavy (non-hydrogen) atoms. The maximum Gasteiger partial charge on any atom is 0.387 e. The average molecular weight is 445 g/mol. The minimum absolute atomic E-state index is 0.110. The van der Waals surface area contributed by atoms with Gasteiger partial charge >= 0.3 is 6.61 Å². The minimum atomic E-state index is -2.84. The summed E-state index contributed by atoms with van der Waals surface area (Å²) in [5, 5.41) is 12.3. The topological polar surface area (TPSA) is 52.8 Å². The Bertz CT molecular complexity index is 1140. The number of rotatable bonds is 7. The highest BCUT2D eigenvalue weighted by atomic mass is 32.2. The molecule has 5 nitrogen and oxygen atoms in total. The Kier molecular flexibility index (Phi) is 6.10. The highest BCUT2D eigenvalue weighted by Crippen LogP contribution is 2.30. The summed E-state index contributed by atoms with van der Waals surface area (Å²) in [4.78, 5) is 4.75. The number of aryl methyl sites for hydroxylation is 1. The molecular formula is C21H18F2N4OS2. The second-order valence-corrected chi connectivity index (χ2v) is 8.32. The molecule has 0 saturated carbocycles. The van der Waals surface area contributed by atoms with Gasteiger partial charge in [0, 0.05) is 29.3 Å². The summed E-state index contributed by atoms with van der Waals surface area (Å²) in [6.07, 6.45) is 0. The number of aromatic nitrogens is 4. The number of hydrogen-bond donors (Lipinski definition) is 0. The molecule has 4 aromatic rings. The van der Waals surface area contributed by atoms with E-state index in [9.17, 15) is 8.78 Å². The minimum Gasteiger partial charge on any atom is -0.435 e. The van der Waals surface area contributed by atoms with Crippen molar-refractivity contribution in [1.82, 2.24) is 19.7 Å². The van der Waals surface area contributed by atoms with Crippen LogP contribution in [0.4, 0.5) is 8.78 Å². The number of hydrogen-bond acceptors (Lipinski definition) is 6. The zero-order valence-electron chi connectivity index (χ0n) is 16.3. The van der Waals surface area contributed by atoms with Crippen molar-refractivity contribution in [2.24, 2.45) is 7.05 Å². The zero-order valence-corrected chi connectivity index (χ0v) is 17.9. The third kappa shape index (κ3) is 4.52. The summed E-state index contributed by atoms with van der Waals surface area (Å²) >= 11 is 3.18. The number of thiazole rings is 1. The molecule has 0 N–H and O–H groups in total. The van der Waals surface area contributed by atoms with Crippen molar-refractivity contribution in [2.45, 2.75) is 24.4 Å².